The molecule has 1 amide bonds. The van der Waals surface area contributed by atoms with Gasteiger partial charge < -0.3 is 9.32 Å². The number of carbonyl (C=O) groups is 1. The second kappa shape index (κ2) is 6.33. The molecule has 1 fully saturated rings. The summed E-state index contributed by atoms with van der Waals surface area (Å²) in [6, 6.07) is 3.18. The average Bonchev–Trinajstić information content (AvgIpc) is 2.99. The summed E-state index contributed by atoms with van der Waals surface area (Å²) in [7, 11) is 0. The molecule has 3 nitrogen and oxygen atoms in total. The van der Waals surface area contributed by atoms with Gasteiger partial charge in [-0.15, -0.1) is 0 Å². The van der Waals surface area contributed by atoms with E-state index >= 15 is 0 Å². The third-order valence-corrected chi connectivity index (χ3v) is 3.59. The maximum absolute atomic E-state index is 12.6. The van der Waals surface area contributed by atoms with Gasteiger partial charge in [0.05, 0.1) is 12.8 Å². The minimum Gasteiger partial charge on any atom is -0.467 e. The molecule has 1 aromatic rings. The molecule has 0 bridgehead atoms. The molecule has 112 valence electrons. The zero-order valence-electron chi connectivity index (χ0n) is 11.2. The Morgan fingerprint density at radius 3 is 2.60 bits per heavy atom. The zero-order chi connectivity index (χ0) is 14.6. The average molecular weight is 289 g/mol. The van der Waals surface area contributed by atoms with E-state index in [1.165, 1.54) is 6.26 Å². The number of halogens is 3. The molecule has 1 heterocycles. The van der Waals surface area contributed by atoms with Crippen LogP contribution >= 0.6 is 0 Å². The molecule has 0 aromatic carbocycles. The van der Waals surface area contributed by atoms with E-state index in [-0.39, 0.29) is 18.9 Å². The highest BCUT2D eigenvalue weighted by molar-refractivity contribution is 5.76. The molecular weight excluding hydrogens is 271 g/mol. The number of carbonyl (C=O) groups excluding carboxylic acids is 1. The fourth-order valence-electron chi connectivity index (χ4n) is 2.63. The number of alkyl halides is 3. The topological polar surface area (TPSA) is 33.5 Å². The molecule has 0 aliphatic heterocycles. The molecule has 2 rings (SSSR count). The highest BCUT2D eigenvalue weighted by Crippen LogP contribution is 2.29. The van der Waals surface area contributed by atoms with Crippen molar-refractivity contribution in [2.24, 2.45) is 5.92 Å². The second-order valence-electron chi connectivity index (χ2n) is 5.30. The van der Waals surface area contributed by atoms with Gasteiger partial charge in [-0.2, -0.15) is 13.2 Å². The highest BCUT2D eigenvalue weighted by Gasteiger charge is 2.34. The summed E-state index contributed by atoms with van der Waals surface area (Å²) >= 11 is 0. The van der Waals surface area contributed by atoms with Gasteiger partial charge in [-0.05, 0) is 30.9 Å². The largest absolute Gasteiger partial charge is 0.467 e. The predicted octanol–water partition coefficient (Wildman–Crippen LogP) is 3.75. The Kier molecular flexibility index (Phi) is 4.73. The van der Waals surface area contributed by atoms with Crippen LogP contribution in [0, 0.1) is 5.92 Å². The van der Waals surface area contributed by atoms with Gasteiger partial charge in [-0.1, -0.05) is 12.8 Å². The van der Waals surface area contributed by atoms with Gasteiger partial charge in [-0.25, -0.2) is 0 Å². The Morgan fingerprint density at radius 1 is 1.35 bits per heavy atom. The van der Waals surface area contributed by atoms with E-state index in [0.29, 0.717) is 5.76 Å². The van der Waals surface area contributed by atoms with Crippen LogP contribution in [0.4, 0.5) is 13.2 Å². The molecule has 1 aliphatic carbocycles. The summed E-state index contributed by atoms with van der Waals surface area (Å²) in [6.07, 6.45) is 1.21. The Morgan fingerprint density at radius 2 is 2.05 bits per heavy atom. The lowest BCUT2D eigenvalue weighted by Crippen LogP contribution is -2.39. The van der Waals surface area contributed by atoms with Gasteiger partial charge in [0, 0.05) is 6.42 Å². The third-order valence-electron chi connectivity index (χ3n) is 3.59. The van der Waals surface area contributed by atoms with Gasteiger partial charge in [0.1, 0.15) is 12.3 Å². The molecule has 1 aromatic heterocycles. The SMILES string of the molecule is O=C(CC1CCCC1)N(Cc1ccco1)CC(F)(F)F. The van der Waals surface area contributed by atoms with Gasteiger partial charge in [0.25, 0.3) is 0 Å². The second-order valence-corrected chi connectivity index (χ2v) is 5.30. The van der Waals surface area contributed by atoms with Crippen LogP contribution in [-0.2, 0) is 11.3 Å². The van der Waals surface area contributed by atoms with Crippen LogP contribution in [0.1, 0.15) is 37.9 Å². The maximum Gasteiger partial charge on any atom is 0.406 e. The van der Waals surface area contributed by atoms with Gasteiger partial charge in [0.2, 0.25) is 5.91 Å². The summed E-state index contributed by atoms with van der Waals surface area (Å²) in [4.78, 5) is 12.9. The van der Waals surface area contributed by atoms with Crippen molar-refractivity contribution in [3.8, 4) is 0 Å². The minimum absolute atomic E-state index is 0.127. The van der Waals surface area contributed by atoms with Gasteiger partial charge >= 0.3 is 6.18 Å². The molecular formula is C14H18F3NO2. The third kappa shape index (κ3) is 4.58. The molecule has 6 heteroatoms. The van der Waals surface area contributed by atoms with Crippen molar-refractivity contribution in [1.82, 2.24) is 4.90 Å². The van der Waals surface area contributed by atoms with E-state index in [9.17, 15) is 18.0 Å². The van der Waals surface area contributed by atoms with Crippen LogP contribution in [0.3, 0.4) is 0 Å². The molecule has 0 radical (unpaired) electrons. The lowest BCUT2D eigenvalue weighted by atomic mass is 10.0. The summed E-state index contributed by atoms with van der Waals surface area (Å²) in [5, 5.41) is 0. The number of hydrogen-bond donors (Lipinski definition) is 0. The van der Waals surface area contributed by atoms with Gasteiger partial charge in [-0.3, -0.25) is 4.79 Å². The highest BCUT2D eigenvalue weighted by atomic mass is 19.4. The first kappa shape index (κ1) is 14.9. The number of furan rings is 1. The number of nitrogens with zero attached hydrogens (tertiary/aromatic N) is 1. The summed E-state index contributed by atoms with van der Waals surface area (Å²) in [6.45, 7) is -1.35. The van der Waals surface area contributed by atoms with Crippen molar-refractivity contribution in [3.63, 3.8) is 0 Å². The van der Waals surface area contributed by atoms with Crippen LogP contribution in [0.2, 0.25) is 0 Å². The van der Waals surface area contributed by atoms with Crippen LogP contribution in [0.25, 0.3) is 0 Å². The Bertz CT molecular complexity index is 422. The minimum atomic E-state index is -4.39. The molecule has 0 N–H and O–H groups in total. The first-order valence-electron chi connectivity index (χ1n) is 6.81. The lowest BCUT2D eigenvalue weighted by Gasteiger charge is -2.24. The molecule has 0 spiro atoms. The quantitative estimate of drug-likeness (QED) is 0.827. The van der Waals surface area contributed by atoms with Crippen molar-refractivity contribution >= 4 is 5.91 Å². The van der Waals surface area contributed by atoms with Crippen LogP contribution in [0.5, 0.6) is 0 Å². The Balaban J connectivity index is 1.98. The molecule has 20 heavy (non-hydrogen) atoms. The first-order chi connectivity index (χ1) is 9.44. The normalized spacial score (nSPS) is 16.6. The molecule has 0 atom stereocenters. The first-order valence-corrected chi connectivity index (χ1v) is 6.81. The number of hydrogen-bond acceptors (Lipinski definition) is 2. The molecule has 1 saturated carbocycles. The van der Waals surface area contributed by atoms with Crippen molar-refractivity contribution < 1.29 is 22.4 Å². The lowest BCUT2D eigenvalue weighted by molar-refractivity contribution is -0.163. The smallest absolute Gasteiger partial charge is 0.406 e. The van der Waals surface area contributed by atoms with Crippen LogP contribution in [-0.4, -0.2) is 23.5 Å². The van der Waals surface area contributed by atoms with Crippen LogP contribution in [0.15, 0.2) is 22.8 Å². The van der Waals surface area contributed by atoms with Crippen molar-refractivity contribution in [3.05, 3.63) is 24.2 Å². The van der Waals surface area contributed by atoms with E-state index in [1.54, 1.807) is 12.1 Å². The molecule has 0 saturated heterocycles. The summed E-state index contributed by atoms with van der Waals surface area (Å²) in [5.41, 5.74) is 0. The van der Waals surface area contributed by atoms with Crippen molar-refractivity contribution in [2.45, 2.75) is 44.8 Å². The molecule has 0 unspecified atom stereocenters. The fraction of sp³-hybridized carbons (Fsp3) is 0.643. The summed E-state index contributed by atoms with van der Waals surface area (Å²) < 4.78 is 42.8. The van der Waals surface area contributed by atoms with Crippen molar-refractivity contribution in [2.75, 3.05) is 6.54 Å². The number of amides is 1. The Labute approximate surface area is 115 Å². The van der Waals surface area contributed by atoms with Crippen LogP contribution < -0.4 is 0 Å². The Hall–Kier alpha value is -1.46. The van der Waals surface area contributed by atoms with Gasteiger partial charge in [0.15, 0.2) is 0 Å². The van der Waals surface area contributed by atoms with E-state index in [2.05, 4.69) is 0 Å². The maximum atomic E-state index is 12.6. The van der Waals surface area contributed by atoms with E-state index in [0.717, 1.165) is 30.6 Å². The molecule has 1 aliphatic rings. The van der Waals surface area contributed by atoms with E-state index in [4.69, 9.17) is 4.42 Å². The summed E-state index contributed by atoms with van der Waals surface area (Å²) in [5.74, 6) is 0.162. The fourth-order valence-corrected chi connectivity index (χ4v) is 2.63. The predicted molar refractivity (Wildman–Crippen MR) is 66.8 cm³/mol. The van der Waals surface area contributed by atoms with E-state index < -0.39 is 18.6 Å². The monoisotopic (exact) mass is 289 g/mol. The van der Waals surface area contributed by atoms with Crippen molar-refractivity contribution in [1.29, 1.82) is 0 Å². The number of rotatable bonds is 5. The standard InChI is InChI=1S/C14H18F3NO2/c15-14(16,17)10-18(9-12-6-3-7-20-12)13(19)8-11-4-1-2-5-11/h3,6-7,11H,1-2,4-5,8-10H2. The zero-order valence-corrected chi connectivity index (χ0v) is 11.2. The van der Waals surface area contributed by atoms with E-state index in [1.807, 2.05) is 0 Å².